The average molecular weight is 227 g/mol. The van der Waals surface area contributed by atoms with Gasteiger partial charge in [-0.1, -0.05) is 0 Å². The van der Waals surface area contributed by atoms with Gasteiger partial charge in [0.2, 0.25) is 5.91 Å². The third kappa shape index (κ3) is 2.10. The summed E-state index contributed by atoms with van der Waals surface area (Å²) in [5.74, 6) is -0.483. The summed E-state index contributed by atoms with van der Waals surface area (Å²) in [6.45, 7) is 3.31. The number of primary amides is 1. The van der Waals surface area contributed by atoms with Crippen LogP contribution < -0.4 is 16.8 Å². The third-order valence-corrected chi connectivity index (χ3v) is 3.14. The van der Waals surface area contributed by atoms with Gasteiger partial charge in [0.15, 0.2) is 0 Å². The van der Waals surface area contributed by atoms with E-state index in [0.29, 0.717) is 19.6 Å². The van der Waals surface area contributed by atoms with Crippen LogP contribution >= 0.6 is 0 Å². The van der Waals surface area contributed by atoms with E-state index in [0.717, 1.165) is 13.1 Å². The second kappa shape index (κ2) is 4.26. The lowest BCUT2D eigenvalue weighted by molar-refractivity contribution is -0.119. The summed E-state index contributed by atoms with van der Waals surface area (Å²) in [6.07, 6.45) is 0. The van der Waals surface area contributed by atoms with E-state index in [1.54, 1.807) is 0 Å². The summed E-state index contributed by atoms with van der Waals surface area (Å²) in [5.41, 5.74) is 10.7. The standard InChI is InChI=1S/C9H17N5O2/c10-7(8(11)15)5-13-1-2-14-6(4-13)3-12-9(14)16/h6-7H,1-5,10H2,(H2,11,15)(H,12,16). The highest BCUT2D eigenvalue weighted by atomic mass is 16.2. The van der Waals surface area contributed by atoms with Gasteiger partial charge in [-0.3, -0.25) is 9.69 Å². The molecule has 2 fully saturated rings. The number of urea groups is 1. The van der Waals surface area contributed by atoms with Crippen LogP contribution in [0.1, 0.15) is 0 Å². The molecule has 2 saturated heterocycles. The summed E-state index contributed by atoms with van der Waals surface area (Å²) in [5, 5.41) is 2.80. The van der Waals surface area contributed by atoms with Crippen LogP contribution in [0.25, 0.3) is 0 Å². The van der Waals surface area contributed by atoms with Crippen molar-refractivity contribution in [1.29, 1.82) is 0 Å². The van der Waals surface area contributed by atoms with Gasteiger partial charge in [-0.05, 0) is 0 Å². The van der Waals surface area contributed by atoms with Gasteiger partial charge >= 0.3 is 6.03 Å². The predicted octanol–water partition coefficient (Wildman–Crippen LogP) is -2.49. The van der Waals surface area contributed by atoms with E-state index in [-0.39, 0.29) is 12.1 Å². The zero-order chi connectivity index (χ0) is 11.7. The number of hydrogen-bond donors (Lipinski definition) is 3. The Labute approximate surface area is 93.7 Å². The Morgan fingerprint density at radius 1 is 1.56 bits per heavy atom. The number of fused-ring (bicyclic) bond motifs is 1. The van der Waals surface area contributed by atoms with Crippen molar-refractivity contribution in [2.45, 2.75) is 12.1 Å². The molecular formula is C9H17N5O2. The van der Waals surface area contributed by atoms with Gasteiger partial charge in [0.1, 0.15) is 0 Å². The van der Waals surface area contributed by atoms with E-state index in [4.69, 9.17) is 11.5 Å². The molecule has 2 aliphatic rings. The smallest absolute Gasteiger partial charge is 0.317 e. The Balaban J connectivity index is 1.87. The van der Waals surface area contributed by atoms with Crippen molar-refractivity contribution in [3.05, 3.63) is 0 Å². The first-order valence-corrected chi connectivity index (χ1v) is 5.39. The van der Waals surface area contributed by atoms with E-state index in [1.807, 2.05) is 4.90 Å². The minimum atomic E-state index is -0.628. The lowest BCUT2D eigenvalue weighted by Gasteiger charge is -2.37. The van der Waals surface area contributed by atoms with E-state index in [1.165, 1.54) is 0 Å². The monoisotopic (exact) mass is 227 g/mol. The number of amides is 3. The molecule has 90 valence electrons. The molecule has 16 heavy (non-hydrogen) atoms. The number of carbonyl (C=O) groups is 2. The van der Waals surface area contributed by atoms with Crippen LogP contribution in [0.4, 0.5) is 4.79 Å². The van der Waals surface area contributed by atoms with Crippen LogP contribution in [-0.4, -0.2) is 66.5 Å². The Bertz CT molecular complexity index is 308. The molecule has 7 nitrogen and oxygen atoms in total. The summed E-state index contributed by atoms with van der Waals surface area (Å²) in [7, 11) is 0. The largest absolute Gasteiger partial charge is 0.368 e. The predicted molar refractivity (Wildman–Crippen MR) is 57.5 cm³/mol. The number of piperazine rings is 1. The quantitative estimate of drug-likeness (QED) is 0.496. The maximum absolute atomic E-state index is 11.3. The topological polar surface area (TPSA) is 105 Å². The highest BCUT2D eigenvalue weighted by Gasteiger charge is 2.35. The fourth-order valence-corrected chi connectivity index (χ4v) is 2.20. The number of nitrogens with zero attached hydrogens (tertiary/aromatic N) is 2. The fraction of sp³-hybridized carbons (Fsp3) is 0.778. The van der Waals surface area contributed by atoms with Crippen molar-refractivity contribution in [2.75, 3.05) is 32.7 Å². The first kappa shape index (κ1) is 11.2. The zero-order valence-corrected chi connectivity index (χ0v) is 9.06. The normalized spacial score (nSPS) is 27.4. The van der Waals surface area contributed by atoms with Crippen LogP contribution in [-0.2, 0) is 4.79 Å². The molecule has 0 aromatic rings. The van der Waals surface area contributed by atoms with E-state index in [9.17, 15) is 9.59 Å². The molecular weight excluding hydrogens is 210 g/mol. The van der Waals surface area contributed by atoms with E-state index >= 15 is 0 Å². The molecule has 2 heterocycles. The van der Waals surface area contributed by atoms with Crippen LogP contribution in [0, 0.1) is 0 Å². The van der Waals surface area contributed by atoms with E-state index < -0.39 is 11.9 Å². The first-order valence-electron chi connectivity index (χ1n) is 5.39. The summed E-state index contributed by atoms with van der Waals surface area (Å²) >= 11 is 0. The fourth-order valence-electron chi connectivity index (χ4n) is 2.20. The van der Waals surface area contributed by atoms with Crippen LogP contribution in [0.15, 0.2) is 0 Å². The second-order valence-electron chi connectivity index (χ2n) is 4.30. The Morgan fingerprint density at radius 2 is 2.31 bits per heavy atom. The Morgan fingerprint density at radius 3 is 3.00 bits per heavy atom. The van der Waals surface area contributed by atoms with Crippen molar-refractivity contribution in [1.82, 2.24) is 15.1 Å². The molecule has 3 amide bonds. The molecule has 5 N–H and O–H groups in total. The molecule has 2 unspecified atom stereocenters. The van der Waals surface area contributed by atoms with Crippen molar-refractivity contribution >= 4 is 11.9 Å². The minimum absolute atomic E-state index is 0.00356. The third-order valence-electron chi connectivity index (χ3n) is 3.14. The molecule has 2 rings (SSSR count). The van der Waals surface area contributed by atoms with Crippen molar-refractivity contribution < 1.29 is 9.59 Å². The van der Waals surface area contributed by atoms with Gasteiger partial charge < -0.3 is 21.7 Å². The number of rotatable bonds is 3. The molecule has 0 bridgehead atoms. The van der Waals surface area contributed by atoms with Gasteiger partial charge in [0.25, 0.3) is 0 Å². The van der Waals surface area contributed by atoms with Crippen LogP contribution in [0.2, 0.25) is 0 Å². The van der Waals surface area contributed by atoms with Gasteiger partial charge in [-0.15, -0.1) is 0 Å². The van der Waals surface area contributed by atoms with Gasteiger partial charge in [0.05, 0.1) is 12.1 Å². The maximum Gasteiger partial charge on any atom is 0.317 e. The zero-order valence-electron chi connectivity index (χ0n) is 9.06. The van der Waals surface area contributed by atoms with Gasteiger partial charge in [0, 0.05) is 32.7 Å². The molecule has 0 aromatic carbocycles. The van der Waals surface area contributed by atoms with Crippen LogP contribution in [0.3, 0.4) is 0 Å². The summed E-state index contributed by atoms with van der Waals surface area (Å²) in [4.78, 5) is 26.1. The van der Waals surface area contributed by atoms with E-state index in [2.05, 4.69) is 10.2 Å². The number of carbonyl (C=O) groups excluding carboxylic acids is 2. The Kier molecular flexibility index (Phi) is 2.97. The molecule has 2 aliphatic heterocycles. The van der Waals surface area contributed by atoms with Gasteiger partial charge in [-0.2, -0.15) is 0 Å². The molecule has 0 radical (unpaired) electrons. The molecule has 0 saturated carbocycles. The first-order chi connectivity index (χ1) is 7.58. The average Bonchev–Trinajstić information content (AvgIpc) is 2.60. The highest BCUT2D eigenvalue weighted by Crippen LogP contribution is 2.13. The minimum Gasteiger partial charge on any atom is -0.368 e. The Hall–Kier alpha value is -1.34. The number of nitrogens with one attached hydrogen (secondary N) is 1. The molecule has 0 aromatic heterocycles. The van der Waals surface area contributed by atoms with Crippen molar-refractivity contribution in [3.63, 3.8) is 0 Å². The summed E-state index contributed by atoms with van der Waals surface area (Å²) in [6, 6.07) is -0.429. The van der Waals surface area contributed by atoms with Crippen molar-refractivity contribution in [3.8, 4) is 0 Å². The summed E-state index contributed by atoms with van der Waals surface area (Å²) < 4.78 is 0. The maximum atomic E-state index is 11.3. The lowest BCUT2D eigenvalue weighted by atomic mass is 10.1. The van der Waals surface area contributed by atoms with Crippen LogP contribution in [0.5, 0.6) is 0 Å². The SMILES string of the molecule is NC(=O)C(N)CN1CCN2C(=O)NCC2C1. The number of nitrogens with two attached hydrogens (primary N) is 2. The second-order valence-corrected chi connectivity index (χ2v) is 4.30. The lowest BCUT2D eigenvalue weighted by Crippen LogP contribution is -2.56. The molecule has 0 aliphatic carbocycles. The number of hydrogen-bond acceptors (Lipinski definition) is 4. The molecule has 7 heteroatoms. The van der Waals surface area contributed by atoms with Crippen molar-refractivity contribution in [2.24, 2.45) is 11.5 Å². The molecule has 2 atom stereocenters. The van der Waals surface area contributed by atoms with Gasteiger partial charge in [-0.25, -0.2) is 4.79 Å². The highest BCUT2D eigenvalue weighted by molar-refractivity contribution is 5.79. The molecule has 0 spiro atoms.